The molecule has 0 saturated heterocycles. The lowest BCUT2D eigenvalue weighted by Gasteiger charge is -2.25. The summed E-state index contributed by atoms with van der Waals surface area (Å²) >= 11 is 0. The van der Waals surface area contributed by atoms with Crippen molar-refractivity contribution >= 4 is 17.6 Å². The molecule has 0 aliphatic carbocycles. The number of anilines is 1. The minimum Gasteiger partial charge on any atom is -0.354 e. The van der Waals surface area contributed by atoms with E-state index >= 15 is 0 Å². The average Bonchev–Trinajstić information content (AvgIpc) is 2.39. The van der Waals surface area contributed by atoms with Gasteiger partial charge in [-0.2, -0.15) is 0 Å². The lowest BCUT2D eigenvalue weighted by Crippen LogP contribution is -2.56. The molecular formula is C14H22N4O2. The van der Waals surface area contributed by atoms with Crippen molar-refractivity contribution in [2.24, 2.45) is 5.73 Å². The molecule has 20 heavy (non-hydrogen) atoms. The highest BCUT2D eigenvalue weighted by Crippen LogP contribution is 2.07. The van der Waals surface area contributed by atoms with Crippen LogP contribution in [0.1, 0.15) is 20.3 Å². The molecule has 0 unspecified atom stereocenters. The van der Waals surface area contributed by atoms with Crippen molar-refractivity contribution in [2.45, 2.75) is 25.8 Å². The Morgan fingerprint density at radius 3 is 2.45 bits per heavy atom. The van der Waals surface area contributed by atoms with Crippen molar-refractivity contribution in [3.05, 3.63) is 30.3 Å². The summed E-state index contributed by atoms with van der Waals surface area (Å²) in [4.78, 5) is 23.8. The molecule has 3 amide bonds. The second-order valence-corrected chi connectivity index (χ2v) is 4.97. The number of hydrogen-bond acceptors (Lipinski definition) is 3. The van der Waals surface area contributed by atoms with Gasteiger partial charge in [-0.25, -0.2) is 4.79 Å². The summed E-state index contributed by atoms with van der Waals surface area (Å²) in [5.41, 5.74) is 5.04. The van der Waals surface area contributed by atoms with Crippen LogP contribution in [0.3, 0.4) is 0 Å². The highest BCUT2D eigenvalue weighted by atomic mass is 16.2. The van der Waals surface area contributed by atoms with Gasteiger partial charge in [-0.05, 0) is 38.9 Å². The van der Waals surface area contributed by atoms with Gasteiger partial charge in [0.05, 0.1) is 0 Å². The smallest absolute Gasteiger partial charge is 0.320 e. The monoisotopic (exact) mass is 278 g/mol. The molecule has 1 rings (SSSR count). The fourth-order valence-electron chi connectivity index (χ4n) is 1.55. The molecular weight excluding hydrogens is 256 g/mol. The van der Waals surface area contributed by atoms with E-state index in [2.05, 4.69) is 16.0 Å². The zero-order chi connectivity index (χ0) is 15.0. The third-order valence-corrected chi connectivity index (χ3v) is 2.69. The molecule has 6 heteroatoms. The summed E-state index contributed by atoms with van der Waals surface area (Å²) in [5.74, 6) is -0.242. The van der Waals surface area contributed by atoms with E-state index in [1.54, 1.807) is 26.0 Å². The molecule has 5 N–H and O–H groups in total. The molecule has 110 valence electrons. The van der Waals surface area contributed by atoms with Crippen LogP contribution in [-0.4, -0.2) is 30.6 Å². The summed E-state index contributed by atoms with van der Waals surface area (Å²) in [5, 5.41) is 8.04. The second kappa shape index (κ2) is 7.49. The number of carbonyl (C=O) groups is 2. The first kappa shape index (κ1) is 16.0. The van der Waals surface area contributed by atoms with Gasteiger partial charge in [0.25, 0.3) is 0 Å². The molecule has 0 atom stereocenters. The predicted octanol–water partition coefficient (Wildman–Crippen LogP) is 1.05. The van der Waals surface area contributed by atoms with E-state index in [0.717, 1.165) is 0 Å². The molecule has 0 bridgehead atoms. The molecule has 0 heterocycles. The maximum atomic E-state index is 11.9. The van der Waals surface area contributed by atoms with Crippen molar-refractivity contribution in [1.82, 2.24) is 10.6 Å². The Bertz CT molecular complexity index is 446. The first-order valence-corrected chi connectivity index (χ1v) is 6.58. The number of rotatable bonds is 6. The molecule has 1 aromatic rings. The van der Waals surface area contributed by atoms with Crippen molar-refractivity contribution in [1.29, 1.82) is 0 Å². The maximum Gasteiger partial charge on any atom is 0.320 e. The fourth-order valence-corrected chi connectivity index (χ4v) is 1.55. The standard InChI is InChI=1S/C14H22N4O2/c1-14(2,12(19)16-10-6-9-15)18-13(20)17-11-7-4-3-5-8-11/h3-5,7-8H,6,9-10,15H2,1-2H3,(H,16,19)(H2,17,18,20). The maximum absolute atomic E-state index is 11.9. The number of nitrogens with two attached hydrogens (primary N) is 1. The van der Waals surface area contributed by atoms with Gasteiger partial charge in [-0.1, -0.05) is 18.2 Å². The van der Waals surface area contributed by atoms with E-state index in [9.17, 15) is 9.59 Å². The van der Waals surface area contributed by atoms with Crippen LogP contribution in [0.2, 0.25) is 0 Å². The summed E-state index contributed by atoms with van der Waals surface area (Å²) in [6, 6.07) is 8.62. The quantitative estimate of drug-likeness (QED) is 0.586. The first-order valence-electron chi connectivity index (χ1n) is 6.58. The van der Waals surface area contributed by atoms with Crippen LogP contribution in [0.15, 0.2) is 30.3 Å². The number of carbonyl (C=O) groups excluding carboxylic acids is 2. The number of nitrogens with one attached hydrogen (secondary N) is 3. The molecule has 6 nitrogen and oxygen atoms in total. The average molecular weight is 278 g/mol. The molecule has 0 aliphatic heterocycles. The normalized spacial score (nSPS) is 10.8. The largest absolute Gasteiger partial charge is 0.354 e. The number of para-hydroxylation sites is 1. The highest BCUT2D eigenvalue weighted by Gasteiger charge is 2.29. The van der Waals surface area contributed by atoms with Gasteiger partial charge >= 0.3 is 6.03 Å². The number of urea groups is 1. The SMILES string of the molecule is CC(C)(NC(=O)Nc1ccccc1)C(=O)NCCCN. The van der Waals surface area contributed by atoms with Gasteiger partial charge in [0, 0.05) is 12.2 Å². The van der Waals surface area contributed by atoms with Crippen LogP contribution in [0.4, 0.5) is 10.5 Å². The van der Waals surface area contributed by atoms with Crippen molar-refractivity contribution in [3.63, 3.8) is 0 Å². The fraction of sp³-hybridized carbons (Fsp3) is 0.429. The van der Waals surface area contributed by atoms with Crippen LogP contribution in [0.5, 0.6) is 0 Å². The van der Waals surface area contributed by atoms with Gasteiger partial charge in [0.15, 0.2) is 0 Å². The Morgan fingerprint density at radius 2 is 1.85 bits per heavy atom. The Kier molecular flexibility index (Phi) is 5.99. The van der Waals surface area contributed by atoms with Crippen LogP contribution < -0.4 is 21.7 Å². The third-order valence-electron chi connectivity index (χ3n) is 2.69. The van der Waals surface area contributed by atoms with Crippen molar-refractivity contribution in [3.8, 4) is 0 Å². The van der Waals surface area contributed by atoms with Crippen molar-refractivity contribution in [2.75, 3.05) is 18.4 Å². The summed E-state index contributed by atoms with van der Waals surface area (Å²) < 4.78 is 0. The Balaban J connectivity index is 2.48. The summed E-state index contributed by atoms with van der Waals surface area (Å²) in [6.45, 7) is 4.31. The summed E-state index contributed by atoms with van der Waals surface area (Å²) in [7, 11) is 0. The van der Waals surface area contributed by atoms with Crippen LogP contribution in [0.25, 0.3) is 0 Å². The molecule has 0 radical (unpaired) electrons. The number of amides is 3. The van der Waals surface area contributed by atoms with Gasteiger partial charge in [0.1, 0.15) is 5.54 Å². The Morgan fingerprint density at radius 1 is 1.20 bits per heavy atom. The molecule has 0 spiro atoms. The van der Waals surface area contributed by atoms with Gasteiger partial charge in [0.2, 0.25) is 5.91 Å². The molecule has 0 aliphatic rings. The van der Waals surface area contributed by atoms with Gasteiger partial charge < -0.3 is 21.7 Å². The molecule has 0 saturated carbocycles. The zero-order valence-electron chi connectivity index (χ0n) is 11.9. The van der Waals surface area contributed by atoms with E-state index in [4.69, 9.17) is 5.73 Å². The van der Waals surface area contributed by atoms with Crippen LogP contribution in [-0.2, 0) is 4.79 Å². The van der Waals surface area contributed by atoms with Gasteiger partial charge in [-0.15, -0.1) is 0 Å². The minimum atomic E-state index is -0.993. The molecule has 0 aromatic heterocycles. The molecule has 1 aromatic carbocycles. The first-order chi connectivity index (χ1) is 9.45. The van der Waals surface area contributed by atoms with Crippen LogP contribution >= 0.6 is 0 Å². The highest BCUT2D eigenvalue weighted by molar-refractivity contribution is 5.95. The van der Waals surface area contributed by atoms with E-state index in [1.807, 2.05) is 18.2 Å². The van der Waals surface area contributed by atoms with E-state index in [-0.39, 0.29) is 5.91 Å². The lowest BCUT2D eigenvalue weighted by molar-refractivity contribution is -0.126. The van der Waals surface area contributed by atoms with Crippen LogP contribution in [0, 0.1) is 0 Å². The number of hydrogen-bond donors (Lipinski definition) is 4. The van der Waals surface area contributed by atoms with E-state index in [0.29, 0.717) is 25.2 Å². The zero-order valence-corrected chi connectivity index (χ0v) is 11.9. The van der Waals surface area contributed by atoms with E-state index < -0.39 is 11.6 Å². The topological polar surface area (TPSA) is 96.2 Å². The summed E-state index contributed by atoms with van der Waals surface area (Å²) in [6.07, 6.45) is 0.706. The second-order valence-electron chi connectivity index (χ2n) is 4.97. The third kappa shape index (κ3) is 5.27. The predicted molar refractivity (Wildman–Crippen MR) is 79.4 cm³/mol. The van der Waals surface area contributed by atoms with Crippen molar-refractivity contribution < 1.29 is 9.59 Å². The Hall–Kier alpha value is -2.08. The van der Waals surface area contributed by atoms with Gasteiger partial charge in [-0.3, -0.25) is 4.79 Å². The Labute approximate surface area is 119 Å². The number of benzene rings is 1. The van der Waals surface area contributed by atoms with E-state index in [1.165, 1.54) is 0 Å². The lowest BCUT2D eigenvalue weighted by atomic mass is 10.1. The molecule has 0 fully saturated rings. The minimum absolute atomic E-state index is 0.242.